The number of fused-ring (bicyclic) bond motifs is 1. The molecule has 186 valence electrons. The lowest BCUT2D eigenvalue weighted by molar-refractivity contribution is 0.0879. The molecule has 4 heteroatoms. The molecule has 0 aromatic heterocycles. The van der Waals surface area contributed by atoms with Gasteiger partial charge in [-0.25, -0.2) is 0 Å². The predicted molar refractivity (Wildman–Crippen MR) is 152 cm³/mol. The highest BCUT2D eigenvalue weighted by atomic mass is 32.2. The Morgan fingerprint density at radius 3 is 1.73 bits per heavy atom. The smallest absolute Gasteiger partial charge is 0.259 e. The van der Waals surface area contributed by atoms with E-state index in [1.165, 1.54) is 16.7 Å². The molecule has 0 fully saturated rings. The quantitative estimate of drug-likeness (QED) is 0.135. The third-order valence-electron chi connectivity index (χ3n) is 7.07. The maximum Gasteiger partial charge on any atom is 0.259 e. The molecule has 1 heterocycles. The number of carbonyl (C=O) groups is 2. The molecule has 1 aliphatic rings. The molecule has 5 rings (SSSR count). The minimum atomic E-state index is -0.511. The predicted octanol–water partition coefficient (Wildman–Crippen LogP) is 7.92. The number of hydrogen-bond acceptors (Lipinski definition) is 3. The van der Waals surface area contributed by atoms with Gasteiger partial charge in [0.2, 0.25) is 0 Å². The summed E-state index contributed by atoms with van der Waals surface area (Å²) < 4.78 is -0.511. The van der Waals surface area contributed by atoms with Gasteiger partial charge in [-0.2, -0.15) is 0 Å². The molecule has 1 aliphatic heterocycles. The largest absolute Gasteiger partial charge is 0.288 e. The van der Waals surface area contributed by atoms with Crippen molar-refractivity contribution < 1.29 is 9.59 Å². The molecule has 0 spiro atoms. The first-order chi connectivity index (χ1) is 18.1. The average molecular weight is 506 g/mol. The number of amides is 2. The molecule has 4 aromatic carbocycles. The molecule has 37 heavy (non-hydrogen) atoms. The van der Waals surface area contributed by atoms with E-state index in [2.05, 4.69) is 85.0 Å². The number of rotatable bonds is 10. The molecule has 0 radical (unpaired) electrons. The van der Waals surface area contributed by atoms with Crippen LogP contribution in [0.25, 0.3) is 0 Å². The molecule has 3 nitrogen and oxygen atoms in total. The molecular weight excluding hydrogens is 474 g/mol. The topological polar surface area (TPSA) is 46.2 Å². The van der Waals surface area contributed by atoms with E-state index in [4.69, 9.17) is 0 Å². The van der Waals surface area contributed by atoms with E-state index in [9.17, 15) is 9.59 Å². The highest BCUT2D eigenvalue weighted by Gasteiger charge is 2.41. The number of carbonyl (C=O) groups excluding carboxylic acids is 2. The van der Waals surface area contributed by atoms with Gasteiger partial charge in [0.25, 0.3) is 11.8 Å². The first-order valence-corrected chi connectivity index (χ1v) is 13.9. The van der Waals surface area contributed by atoms with Crippen molar-refractivity contribution in [2.45, 2.75) is 42.6 Å². The van der Waals surface area contributed by atoms with Gasteiger partial charge < -0.3 is 0 Å². The monoisotopic (exact) mass is 505 g/mol. The van der Waals surface area contributed by atoms with E-state index >= 15 is 0 Å². The summed E-state index contributed by atoms with van der Waals surface area (Å²) in [6.07, 6.45) is 4.18. The van der Waals surface area contributed by atoms with E-state index in [-0.39, 0.29) is 17.1 Å². The van der Waals surface area contributed by atoms with Crippen LogP contribution in [-0.2, 0) is 4.75 Å². The van der Waals surface area contributed by atoms with Crippen molar-refractivity contribution in [3.63, 3.8) is 0 Å². The van der Waals surface area contributed by atoms with Gasteiger partial charge in [-0.1, -0.05) is 129 Å². The Morgan fingerprint density at radius 2 is 1.22 bits per heavy atom. The van der Waals surface area contributed by atoms with Crippen LogP contribution >= 0.6 is 11.8 Å². The zero-order valence-corrected chi connectivity index (χ0v) is 21.8. The Bertz CT molecular complexity index is 1270. The van der Waals surface area contributed by atoms with E-state index in [0.717, 1.165) is 31.2 Å². The molecular formula is C33H31NO2S. The third kappa shape index (κ3) is 4.86. The standard InChI is InChI=1S/C33H31NO2S/c1-2-3-7-23-29(27-21-14-22-28-30(27)32(36)34-31(28)35)37-33(24-15-8-4-9-16-24,25-17-10-5-11-18-25)26-19-12-6-13-20-26/h4-6,8-22,29H,2-3,7,23H2,1H3,(H,34,35,36). The number of nitrogens with one attached hydrogen (secondary N) is 1. The molecule has 0 saturated carbocycles. The van der Waals surface area contributed by atoms with Crippen molar-refractivity contribution in [3.05, 3.63) is 143 Å². The molecule has 2 amide bonds. The summed E-state index contributed by atoms with van der Waals surface area (Å²) in [5, 5.41) is 2.51. The fraction of sp³-hybridized carbons (Fsp3) is 0.212. The van der Waals surface area contributed by atoms with Gasteiger partial charge in [-0.3, -0.25) is 14.9 Å². The van der Waals surface area contributed by atoms with Gasteiger partial charge in [0.15, 0.2) is 0 Å². The molecule has 1 unspecified atom stereocenters. The van der Waals surface area contributed by atoms with Crippen LogP contribution in [0.1, 0.15) is 80.8 Å². The zero-order chi connectivity index (χ0) is 25.7. The highest BCUT2D eigenvalue weighted by molar-refractivity contribution is 8.00. The molecule has 0 aliphatic carbocycles. The maximum atomic E-state index is 13.0. The summed E-state index contributed by atoms with van der Waals surface area (Å²) in [6.45, 7) is 2.21. The van der Waals surface area contributed by atoms with E-state index in [1.807, 2.05) is 42.1 Å². The van der Waals surface area contributed by atoms with Crippen molar-refractivity contribution in [1.29, 1.82) is 0 Å². The molecule has 0 saturated heterocycles. The average Bonchev–Trinajstić information content (AvgIpc) is 3.25. The Kier molecular flexibility index (Phi) is 7.57. The van der Waals surface area contributed by atoms with Crippen LogP contribution in [0, 0.1) is 0 Å². The van der Waals surface area contributed by atoms with Crippen LogP contribution < -0.4 is 5.32 Å². The van der Waals surface area contributed by atoms with Crippen molar-refractivity contribution in [3.8, 4) is 0 Å². The van der Waals surface area contributed by atoms with E-state index < -0.39 is 4.75 Å². The first kappa shape index (κ1) is 25.0. The minimum absolute atomic E-state index is 0.00114. The van der Waals surface area contributed by atoms with E-state index in [0.29, 0.717) is 11.1 Å². The number of thioether (sulfide) groups is 1. The summed E-state index contributed by atoms with van der Waals surface area (Å²) in [7, 11) is 0. The Balaban J connectivity index is 1.73. The van der Waals surface area contributed by atoms with Crippen LogP contribution in [0.2, 0.25) is 0 Å². The van der Waals surface area contributed by atoms with Crippen molar-refractivity contribution in [2.24, 2.45) is 0 Å². The van der Waals surface area contributed by atoms with Crippen LogP contribution in [0.3, 0.4) is 0 Å². The SMILES string of the molecule is CCCCCC(SC(c1ccccc1)(c1ccccc1)c1ccccc1)c1cccc2c1C(=O)NC2=O. The third-order valence-corrected chi connectivity index (χ3v) is 8.91. The van der Waals surface area contributed by atoms with E-state index in [1.54, 1.807) is 6.07 Å². The summed E-state index contributed by atoms with van der Waals surface area (Å²) in [5.41, 5.74) is 5.51. The zero-order valence-electron chi connectivity index (χ0n) is 21.0. The second-order valence-corrected chi connectivity index (χ2v) is 10.9. The molecule has 1 N–H and O–H groups in total. The van der Waals surface area contributed by atoms with Gasteiger partial charge in [0.05, 0.1) is 15.9 Å². The second kappa shape index (κ2) is 11.2. The van der Waals surface area contributed by atoms with Gasteiger partial charge in [-0.15, -0.1) is 11.8 Å². The van der Waals surface area contributed by atoms with Crippen LogP contribution in [0.5, 0.6) is 0 Å². The van der Waals surface area contributed by atoms with Crippen molar-refractivity contribution in [2.75, 3.05) is 0 Å². The van der Waals surface area contributed by atoms with Crippen LogP contribution in [0.4, 0.5) is 0 Å². The number of unbranched alkanes of at least 4 members (excludes halogenated alkanes) is 2. The van der Waals surface area contributed by atoms with Crippen molar-refractivity contribution >= 4 is 23.6 Å². The van der Waals surface area contributed by atoms with Gasteiger partial charge >= 0.3 is 0 Å². The Morgan fingerprint density at radius 1 is 0.676 bits per heavy atom. The number of hydrogen-bond donors (Lipinski definition) is 1. The van der Waals surface area contributed by atoms with Crippen molar-refractivity contribution in [1.82, 2.24) is 5.32 Å². The lowest BCUT2D eigenvalue weighted by Gasteiger charge is -2.39. The lowest BCUT2D eigenvalue weighted by atomic mass is 9.84. The fourth-order valence-electron chi connectivity index (χ4n) is 5.31. The summed E-state index contributed by atoms with van der Waals surface area (Å²) in [4.78, 5) is 25.5. The summed E-state index contributed by atoms with van der Waals surface area (Å²) in [5.74, 6) is -0.596. The highest BCUT2D eigenvalue weighted by Crippen LogP contribution is 2.55. The fourth-order valence-corrected chi connectivity index (χ4v) is 7.16. The summed E-state index contributed by atoms with van der Waals surface area (Å²) in [6, 6.07) is 37.6. The van der Waals surface area contributed by atoms with Crippen LogP contribution in [-0.4, -0.2) is 11.8 Å². The number of benzene rings is 4. The maximum absolute atomic E-state index is 13.0. The Hall–Kier alpha value is -3.63. The molecule has 1 atom stereocenters. The second-order valence-electron chi connectivity index (χ2n) is 9.43. The molecule has 0 bridgehead atoms. The minimum Gasteiger partial charge on any atom is -0.288 e. The number of imide groups is 1. The lowest BCUT2D eigenvalue weighted by Crippen LogP contribution is -2.27. The summed E-state index contributed by atoms with van der Waals surface area (Å²) >= 11 is 1.88. The van der Waals surface area contributed by atoms with Gasteiger partial charge in [0, 0.05) is 5.25 Å². The first-order valence-electron chi connectivity index (χ1n) is 13.0. The van der Waals surface area contributed by atoms with Gasteiger partial charge in [0.1, 0.15) is 0 Å². The van der Waals surface area contributed by atoms with Gasteiger partial charge in [-0.05, 0) is 34.7 Å². The molecule has 4 aromatic rings. The normalized spacial score (nSPS) is 13.8. The Labute approximate surface area is 223 Å². The van der Waals surface area contributed by atoms with Crippen LogP contribution in [0.15, 0.2) is 109 Å².